The van der Waals surface area contributed by atoms with Crippen molar-refractivity contribution in [2.45, 2.75) is 36.8 Å². The van der Waals surface area contributed by atoms with E-state index in [1.807, 2.05) is 0 Å². The fraction of sp³-hybridized carbons (Fsp3) is 0.348. The number of aromatic hydroxyl groups is 2. The van der Waals surface area contributed by atoms with Gasteiger partial charge in [0, 0.05) is 6.08 Å². The van der Waals surface area contributed by atoms with Crippen LogP contribution in [0.2, 0.25) is 0 Å². The average Bonchev–Trinajstić information content (AvgIpc) is 2.83. The van der Waals surface area contributed by atoms with E-state index in [4.69, 9.17) is 14.2 Å². The van der Waals surface area contributed by atoms with E-state index in [1.165, 1.54) is 37.5 Å². The number of benzene rings is 2. The number of phenols is 2. The molecule has 34 heavy (non-hydrogen) atoms. The Morgan fingerprint density at radius 1 is 1.15 bits per heavy atom. The van der Waals surface area contributed by atoms with Crippen LogP contribution in [0.3, 0.4) is 0 Å². The monoisotopic (exact) mass is 478 g/mol. The second-order valence-electron chi connectivity index (χ2n) is 7.68. The predicted molar refractivity (Wildman–Crippen MR) is 115 cm³/mol. The van der Waals surface area contributed by atoms with E-state index in [0.29, 0.717) is 5.56 Å². The molecule has 1 heterocycles. The predicted octanol–water partition coefficient (Wildman–Crippen LogP) is -0.518. The van der Waals surface area contributed by atoms with Crippen molar-refractivity contribution in [1.29, 1.82) is 0 Å². The molecule has 2 aromatic carbocycles. The first-order valence-corrected chi connectivity index (χ1v) is 10.2. The highest BCUT2D eigenvalue weighted by molar-refractivity contribution is 5.87. The zero-order valence-electron chi connectivity index (χ0n) is 18.1. The molecule has 184 valence electrons. The van der Waals surface area contributed by atoms with E-state index < -0.39 is 49.4 Å². The molecule has 11 nitrogen and oxygen atoms in total. The molecule has 0 radical (unpaired) electrons. The average molecular weight is 478 g/mol. The molecular weight excluding hydrogens is 452 g/mol. The second-order valence-corrected chi connectivity index (χ2v) is 7.68. The topological polar surface area (TPSA) is 186 Å². The standard InChI is InChI=1S/C23H26O11/c1-32-17-8-12(2-6-16(17)26)3-7-19(27)33-11-13-9-14(25)4-5-15(13)23(31)21(29)20(28)18(10-24)34-22(23)30/h2-9,18,20-22,24-26,28-31H,10-11H2,1H3/b7-3+/t18-,20-,21+,22-,23-/m1/s1. The van der Waals surface area contributed by atoms with Crippen molar-refractivity contribution in [3.63, 3.8) is 0 Å². The van der Waals surface area contributed by atoms with Crippen molar-refractivity contribution in [1.82, 2.24) is 0 Å². The molecule has 7 N–H and O–H groups in total. The summed E-state index contributed by atoms with van der Waals surface area (Å²) in [6.45, 7) is -1.20. The van der Waals surface area contributed by atoms with Gasteiger partial charge in [-0.3, -0.25) is 0 Å². The highest BCUT2D eigenvalue weighted by atomic mass is 16.6. The molecule has 0 saturated carbocycles. The Morgan fingerprint density at radius 2 is 1.88 bits per heavy atom. The lowest BCUT2D eigenvalue weighted by atomic mass is 9.79. The van der Waals surface area contributed by atoms with E-state index in [9.17, 15) is 40.5 Å². The Balaban J connectivity index is 1.80. The van der Waals surface area contributed by atoms with Gasteiger partial charge in [-0.1, -0.05) is 12.1 Å². The Morgan fingerprint density at radius 3 is 2.56 bits per heavy atom. The van der Waals surface area contributed by atoms with Gasteiger partial charge in [0.1, 0.15) is 30.7 Å². The van der Waals surface area contributed by atoms with E-state index in [0.717, 1.165) is 12.1 Å². The molecule has 0 aliphatic carbocycles. The number of hydrogen-bond donors (Lipinski definition) is 7. The van der Waals surface area contributed by atoms with E-state index >= 15 is 0 Å². The van der Waals surface area contributed by atoms with Gasteiger partial charge in [-0.15, -0.1) is 0 Å². The smallest absolute Gasteiger partial charge is 0.331 e. The molecule has 11 heteroatoms. The van der Waals surface area contributed by atoms with Gasteiger partial charge in [0.2, 0.25) is 0 Å². The molecule has 0 unspecified atom stereocenters. The van der Waals surface area contributed by atoms with Crippen molar-refractivity contribution in [3.8, 4) is 17.2 Å². The third-order valence-corrected chi connectivity index (χ3v) is 5.52. The number of carbonyl (C=O) groups is 1. The number of ether oxygens (including phenoxy) is 3. The first-order chi connectivity index (χ1) is 16.1. The molecule has 1 saturated heterocycles. The lowest BCUT2D eigenvalue weighted by Gasteiger charge is -2.46. The molecule has 2 aromatic rings. The van der Waals surface area contributed by atoms with Crippen molar-refractivity contribution >= 4 is 12.0 Å². The first kappa shape index (κ1) is 25.4. The van der Waals surface area contributed by atoms with Crippen LogP contribution in [0.5, 0.6) is 17.2 Å². The molecule has 1 aliphatic heterocycles. The van der Waals surface area contributed by atoms with Gasteiger partial charge >= 0.3 is 5.97 Å². The summed E-state index contributed by atoms with van der Waals surface area (Å²) in [5.41, 5.74) is -2.16. The van der Waals surface area contributed by atoms with Crippen LogP contribution in [0.25, 0.3) is 6.08 Å². The van der Waals surface area contributed by atoms with Crippen LogP contribution in [0.15, 0.2) is 42.5 Å². The molecule has 3 rings (SSSR count). The van der Waals surface area contributed by atoms with Crippen LogP contribution in [0.4, 0.5) is 0 Å². The quantitative estimate of drug-likeness (QED) is 0.201. The summed E-state index contributed by atoms with van der Waals surface area (Å²) in [6.07, 6.45) is -4.59. The van der Waals surface area contributed by atoms with Gasteiger partial charge in [0.05, 0.1) is 13.7 Å². The lowest BCUT2D eigenvalue weighted by Crippen LogP contribution is -2.64. The summed E-state index contributed by atoms with van der Waals surface area (Å²) in [5, 5.41) is 70.9. The highest BCUT2D eigenvalue weighted by Crippen LogP contribution is 2.40. The fourth-order valence-electron chi connectivity index (χ4n) is 3.65. The minimum Gasteiger partial charge on any atom is -0.508 e. The van der Waals surface area contributed by atoms with Gasteiger partial charge in [0.25, 0.3) is 0 Å². The van der Waals surface area contributed by atoms with Crippen molar-refractivity contribution in [2.24, 2.45) is 0 Å². The number of aliphatic hydroxyl groups is 5. The normalized spacial score (nSPS) is 27.0. The maximum atomic E-state index is 12.2. The molecule has 5 atom stereocenters. The summed E-state index contributed by atoms with van der Waals surface area (Å²) in [4.78, 5) is 12.2. The summed E-state index contributed by atoms with van der Waals surface area (Å²) >= 11 is 0. The number of rotatable bonds is 7. The number of aliphatic hydroxyl groups excluding tert-OH is 4. The van der Waals surface area contributed by atoms with Crippen LogP contribution in [0.1, 0.15) is 16.7 Å². The highest BCUT2D eigenvalue weighted by Gasteiger charge is 2.56. The van der Waals surface area contributed by atoms with Gasteiger partial charge in [0.15, 0.2) is 23.4 Å². The Bertz CT molecular complexity index is 1050. The maximum absolute atomic E-state index is 12.2. The van der Waals surface area contributed by atoms with Gasteiger partial charge in [-0.25, -0.2) is 4.79 Å². The molecule has 0 spiro atoms. The second kappa shape index (κ2) is 10.4. The van der Waals surface area contributed by atoms with Gasteiger partial charge in [-0.05, 0) is 47.0 Å². The summed E-state index contributed by atoms with van der Waals surface area (Å²) in [6, 6.07) is 7.93. The van der Waals surface area contributed by atoms with E-state index in [2.05, 4.69) is 0 Å². The van der Waals surface area contributed by atoms with Crippen LogP contribution < -0.4 is 4.74 Å². The van der Waals surface area contributed by atoms with Crippen molar-refractivity contribution in [2.75, 3.05) is 13.7 Å². The number of methoxy groups -OCH3 is 1. The molecule has 0 aromatic heterocycles. The van der Waals surface area contributed by atoms with E-state index in [-0.39, 0.29) is 28.4 Å². The number of phenolic OH excluding ortho intramolecular Hbond substituents is 2. The largest absolute Gasteiger partial charge is 0.508 e. The molecule has 0 bridgehead atoms. The molecule has 1 aliphatic rings. The summed E-state index contributed by atoms with van der Waals surface area (Å²) in [7, 11) is 1.38. The van der Waals surface area contributed by atoms with Crippen molar-refractivity contribution in [3.05, 3.63) is 59.2 Å². The summed E-state index contributed by atoms with van der Waals surface area (Å²) < 4.78 is 15.2. The first-order valence-electron chi connectivity index (χ1n) is 10.2. The molecular formula is C23H26O11. The minimum atomic E-state index is -2.56. The van der Waals surface area contributed by atoms with Crippen LogP contribution in [-0.2, 0) is 26.5 Å². The molecule has 1 fully saturated rings. The number of esters is 1. The molecule has 0 amide bonds. The zero-order chi connectivity index (χ0) is 25.0. The maximum Gasteiger partial charge on any atom is 0.331 e. The van der Waals surface area contributed by atoms with Gasteiger partial charge in [-0.2, -0.15) is 0 Å². The number of carbonyl (C=O) groups excluding carboxylic acids is 1. The third-order valence-electron chi connectivity index (χ3n) is 5.52. The minimum absolute atomic E-state index is 0.0203. The Labute approximate surface area is 194 Å². The Kier molecular flexibility index (Phi) is 7.77. The van der Waals surface area contributed by atoms with Crippen molar-refractivity contribution < 1.29 is 54.8 Å². The zero-order valence-corrected chi connectivity index (χ0v) is 18.1. The Hall–Kier alpha value is -3.19. The lowest BCUT2D eigenvalue weighted by molar-refractivity contribution is -0.335. The summed E-state index contributed by atoms with van der Waals surface area (Å²) in [5.74, 6) is -0.900. The third kappa shape index (κ3) is 4.99. The van der Waals surface area contributed by atoms with Crippen LogP contribution in [0, 0.1) is 0 Å². The van der Waals surface area contributed by atoms with Crippen LogP contribution >= 0.6 is 0 Å². The number of hydrogen-bond acceptors (Lipinski definition) is 11. The van der Waals surface area contributed by atoms with E-state index in [1.54, 1.807) is 6.07 Å². The van der Waals surface area contributed by atoms with Crippen LogP contribution in [-0.4, -0.2) is 80.0 Å². The SMILES string of the molecule is COc1cc(/C=C/C(=O)OCc2cc(O)ccc2[C@]2(O)[C@H](O)O[C@H](CO)[C@@H](O)[C@@H]2O)ccc1O. The fourth-order valence-corrected chi connectivity index (χ4v) is 3.65. The van der Waals surface area contributed by atoms with Gasteiger partial charge < -0.3 is 50.0 Å².